The molecule has 28 heavy (non-hydrogen) atoms. The lowest BCUT2D eigenvalue weighted by molar-refractivity contribution is -0.134. The summed E-state index contributed by atoms with van der Waals surface area (Å²) in [4.78, 5) is 19.0. The van der Waals surface area contributed by atoms with Gasteiger partial charge in [0.05, 0.1) is 12.7 Å². The minimum Gasteiger partial charge on any atom is -0.381 e. The molecule has 0 N–H and O–H groups in total. The van der Waals surface area contributed by atoms with E-state index in [1.165, 1.54) is 25.7 Å². The van der Waals surface area contributed by atoms with Gasteiger partial charge in [0.15, 0.2) is 5.82 Å². The average molecular weight is 392 g/mol. The number of amides is 1. The molecule has 0 spiro atoms. The third-order valence-corrected chi connectivity index (χ3v) is 6.47. The van der Waals surface area contributed by atoms with E-state index in [-0.39, 0.29) is 6.10 Å². The van der Waals surface area contributed by atoms with E-state index in [0.717, 1.165) is 70.1 Å². The van der Waals surface area contributed by atoms with E-state index in [1.54, 1.807) is 0 Å². The fourth-order valence-electron chi connectivity index (χ4n) is 4.66. The lowest BCUT2D eigenvalue weighted by atomic mass is 10.0. The van der Waals surface area contributed by atoms with Crippen LogP contribution < -0.4 is 0 Å². The van der Waals surface area contributed by atoms with Gasteiger partial charge in [0, 0.05) is 45.1 Å². The van der Waals surface area contributed by atoms with Gasteiger partial charge in [0.1, 0.15) is 0 Å². The minimum absolute atomic E-state index is 0.234. The maximum Gasteiger partial charge on any atom is 0.229 e. The molecule has 2 aliphatic heterocycles. The molecule has 1 aliphatic carbocycles. The van der Waals surface area contributed by atoms with E-state index >= 15 is 0 Å². The summed E-state index contributed by atoms with van der Waals surface area (Å²) in [5.74, 6) is 2.78. The number of piperidine rings is 1. The fourth-order valence-corrected chi connectivity index (χ4v) is 4.66. The molecule has 0 aromatic carbocycles. The quantitative estimate of drug-likeness (QED) is 0.711. The van der Waals surface area contributed by atoms with Crippen molar-refractivity contribution in [1.29, 1.82) is 0 Å². The molecular weight excluding hydrogens is 358 g/mol. The SMILES string of the molecule is O=C(CC1CCCC1)N1CCC(OCCc2noc(C3CCOCC3)n2)CC1. The number of hydrogen-bond acceptors (Lipinski definition) is 6. The number of aromatic nitrogens is 2. The van der Waals surface area contributed by atoms with Crippen molar-refractivity contribution in [1.82, 2.24) is 15.0 Å². The second-order valence-electron chi connectivity index (χ2n) is 8.49. The van der Waals surface area contributed by atoms with Gasteiger partial charge in [0.2, 0.25) is 11.8 Å². The molecule has 7 heteroatoms. The maximum absolute atomic E-state index is 12.4. The number of nitrogens with zero attached hydrogens (tertiary/aromatic N) is 3. The largest absolute Gasteiger partial charge is 0.381 e. The molecule has 3 aliphatic rings. The number of rotatable bonds is 7. The monoisotopic (exact) mass is 391 g/mol. The Morgan fingerprint density at radius 3 is 2.57 bits per heavy atom. The summed E-state index contributed by atoms with van der Waals surface area (Å²) in [7, 11) is 0. The van der Waals surface area contributed by atoms with Crippen molar-refractivity contribution >= 4 is 5.91 Å². The highest BCUT2D eigenvalue weighted by Gasteiger charge is 2.26. The number of likely N-dealkylation sites (tertiary alicyclic amines) is 1. The van der Waals surface area contributed by atoms with Crippen LogP contribution >= 0.6 is 0 Å². The zero-order valence-electron chi connectivity index (χ0n) is 16.8. The molecule has 0 bridgehead atoms. The van der Waals surface area contributed by atoms with Gasteiger partial charge >= 0.3 is 0 Å². The highest BCUT2D eigenvalue weighted by atomic mass is 16.5. The Morgan fingerprint density at radius 1 is 1.07 bits per heavy atom. The van der Waals surface area contributed by atoms with Crippen molar-refractivity contribution < 1.29 is 18.8 Å². The van der Waals surface area contributed by atoms with E-state index in [9.17, 15) is 4.79 Å². The lowest BCUT2D eigenvalue weighted by Gasteiger charge is -2.32. The van der Waals surface area contributed by atoms with Crippen molar-refractivity contribution in [2.75, 3.05) is 32.9 Å². The van der Waals surface area contributed by atoms with Gasteiger partial charge in [-0.1, -0.05) is 18.0 Å². The Balaban J connectivity index is 1.13. The number of hydrogen-bond donors (Lipinski definition) is 0. The van der Waals surface area contributed by atoms with Crippen LogP contribution in [0, 0.1) is 5.92 Å². The van der Waals surface area contributed by atoms with Gasteiger partial charge in [0.25, 0.3) is 0 Å². The Morgan fingerprint density at radius 2 is 1.82 bits per heavy atom. The van der Waals surface area contributed by atoms with E-state index in [1.807, 2.05) is 4.90 Å². The Hall–Kier alpha value is -1.47. The van der Waals surface area contributed by atoms with Gasteiger partial charge in [-0.3, -0.25) is 4.79 Å². The molecule has 0 unspecified atom stereocenters. The molecule has 0 radical (unpaired) electrons. The van der Waals surface area contributed by atoms with Crippen LogP contribution in [-0.2, 0) is 20.7 Å². The van der Waals surface area contributed by atoms with Crippen molar-refractivity contribution in [3.05, 3.63) is 11.7 Å². The average Bonchev–Trinajstić information content (AvgIpc) is 3.41. The summed E-state index contributed by atoms with van der Waals surface area (Å²) in [6.45, 7) is 3.80. The molecular formula is C21H33N3O4. The Kier molecular flexibility index (Phi) is 6.96. The van der Waals surface area contributed by atoms with Crippen LogP contribution in [0.25, 0.3) is 0 Å². The molecule has 3 heterocycles. The number of carbonyl (C=O) groups excluding carboxylic acids is 1. The summed E-state index contributed by atoms with van der Waals surface area (Å²) in [6, 6.07) is 0. The van der Waals surface area contributed by atoms with Crippen molar-refractivity contribution in [3.63, 3.8) is 0 Å². The van der Waals surface area contributed by atoms with Gasteiger partial charge in [-0.05, 0) is 44.4 Å². The first-order valence-corrected chi connectivity index (χ1v) is 11.1. The van der Waals surface area contributed by atoms with Gasteiger partial charge in [-0.25, -0.2) is 0 Å². The summed E-state index contributed by atoms with van der Waals surface area (Å²) in [5.41, 5.74) is 0. The second kappa shape index (κ2) is 9.83. The van der Waals surface area contributed by atoms with Gasteiger partial charge in [-0.2, -0.15) is 4.98 Å². The van der Waals surface area contributed by atoms with Crippen molar-refractivity contribution in [3.8, 4) is 0 Å². The Labute approximate surface area is 167 Å². The summed E-state index contributed by atoms with van der Waals surface area (Å²) < 4.78 is 16.8. The molecule has 1 aromatic rings. The molecule has 3 fully saturated rings. The van der Waals surface area contributed by atoms with Crippen LogP contribution in [0.4, 0.5) is 0 Å². The van der Waals surface area contributed by atoms with Crippen LogP contribution in [-0.4, -0.2) is 60.0 Å². The zero-order chi connectivity index (χ0) is 19.2. The van der Waals surface area contributed by atoms with Gasteiger partial charge in [-0.15, -0.1) is 0 Å². The van der Waals surface area contributed by atoms with Crippen LogP contribution in [0.1, 0.15) is 75.4 Å². The molecule has 0 atom stereocenters. The van der Waals surface area contributed by atoms with E-state index in [2.05, 4.69) is 10.1 Å². The second-order valence-corrected chi connectivity index (χ2v) is 8.49. The molecule has 4 rings (SSSR count). The normalized spacial score (nSPS) is 22.8. The van der Waals surface area contributed by atoms with Crippen LogP contribution in [0.5, 0.6) is 0 Å². The smallest absolute Gasteiger partial charge is 0.229 e. The molecule has 156 valence electrons. The summed E-state index contributed by atoms with van der Waals surface area (Å²) in [5, 5.41) is 4.10. The van der Waals surface area contributed by atoms with Crippen LogP contribution in [0.15, 0.2) is 4.52 Å². The van der Waals surface area contributed by atoms with Crippen LogP contribution in [0.3, 0.4) is 0 Å². The molecule has 1 amide bonds. The third kappa shape index (κ3) is 5.32. The summed E-state index contributed by atoms with van der Waals surface area (Å²) in [6.07, 6.45) is 10.5. The standard InChI is InChI=1S/C21H33N3O4/c25-20(15-16-3-1-2-4-16)24-10-5-18(6-11-24)27-14-9-19-22-21(28-23-19)17-7-12-26-13-8-17/h16-18H,1-15H2. The predicted octanol–water partition coefficient (Wildman–Crippen LogP) is 3.09. The Bertz CT molecular complexity index is 615. The van der Waals surface area contributed by atoms with Gasteiger partial charge < -0.3 is 18.9 Å². The molecule has 1 saturated carbocycles. The van der Waals surface area contributed by atoms with Crippen molar-refractivity contribution in [2.24, 2.45) is 5.92 Å². The first kappa shape index (κ1) is 19.8. The van der Waals surface area contributed by atoms with E-state index in [0.29, 0.717) is 30.8 Å². The fraction of sp³-hybridized carbons (Fsp3) is 0.857. The topological polar surface area (TPSA) is 77.7 Å². The third-order valence-electron chi connectivity index (χ3n) is 6.47. The minimum atomic E-state index is 0.234. The van der Waals surface area contributed by atoms with Crippen LogP contribution in [0.2, 0.25) is 0 Å². The highest BCUT2D eigenvalue weighted by Crippen LogP contribution is 2.29. The molecule has 1 aromatic heterocycles. The number of ether oxygens (including phenoxy) is 2. The van der Waals surface area contributed by atoms with E-state index < -0.39 is 0 Å². The summed E-state index contributed by atoms with van der Waals surface area (Å²) >= 11 is 0. The van der Waals surface area contributed by atoms with E-state index in [4.69, 9.17) is 14.0 Å². The van der Waals surface area contributed by atoms with Crippen molar-refractivity contribution in [2.45, 2.75) is 76.2 Å². The zero-order valence-corrected chi connectivity index (χ0v) is 16.8. The first-order valence-electron chi connectivity index (χ1n) is 11.1. The first-order chi connectivity index (χ1) is 13.8. The molecule has 2 saturated heterocycles. The lowest BCUT2D eigenvalue weighted by Crippen LogP contribution is -2.41. The predicted molar refractivity (Wildman–Crippen MR) is 103 cm³/mol. The number of carbonyl (C=O) groups is 1. The maximum atomic E-state index is 12.4. The molecule has 7 nitrogen and oxygen atoms in total. The highest BCUT2D eigenvalue weighted by molar-refractivity contribution is 5.76.